The maximum Gasteiger partial charge on any atom is 0.166 e. The zero-order chi connectivity index (χ0) is 19.5. The van der Waals surface area contributed by atoms with Crippen molar-refractivity contribution in [1.29, 1.82) is 0 Å². The molecule has 0 aromatic heterocycles. The second-order valence-corrected chi connectivity index (χ2v) is 8.28. The van der Waals surface area contributed by atoms with Crippen molar-refractivity contribution in [1.82, 2.24) is 9.80 Å². The van der Waals surface area contributed by atoms with Gasteiger partial charge in [0.2, 0.25) is 0 Å². The van der Waals surface area contributed by atoms with Crippen molar-refractivity contribution in [3.63, 3.8) is 0 Å². The molecule has 164 valence electrons. The highest BCUT2D eigenvalue weighted by atomic mass is 35.5. The molecule has 1 N–H and O–H groups in total. The van der Waals surface area contributed by atoms with E-state index in [1.165, 1.54) is 11.1 Å². The lowest BCUT2D eigenvalue weighted by Gasteiger charge is -2.43. The highest BCUT2D eigenvalue weighted by Crippen LogP contribution is 2.26. The van der Waals surface area contributed by atoms with E-state index in [0.29, 0.717) is 0 Å². The van der Waals surface area contributed by atoms with Gasteiger partial charge in [0, 0.05) is 56.7 Å². The molecule has 1 saturated heterocycles. The molecular weight excluding hydrogens is 419 g/mol. The van der Waals surface area contributed by atoms with Crippen molar-refractivity contribution in [2.24, 2.45) is 5.92 Å². The van der Waals surface area contributed by atoms with Gasteiger partial charge in [-0.3, -0.25) is 9.69 Å². The van der Waals surface area contributed by atoms with E-state index in [1.807, 2.05) is 37.3 Å². The Balaban J connectivity index is 0.00000160. The van der Waals surface area contributed by atoms with Gasteiger partial charge in [-0.1, -0.05) is 61.5 Å². The summed E-state index contributed by atoms with van der Waals surface area (Å²) in [4.78, 5) is 17.5. The van der Waals surface area contributed by atoms with Crippen molar-refractivity contribution in [3.8, 4) is 0 Å². The van der Waals surface area contributed by atoms with Crippen LogP contribution in [0.25, 0.3) is 0 Å². The Kier molecular flexibility index (Phi) is 9.32. The van der Waals surface area contributed by atoms with Crippen LogP contribution in [0.1, 0.15) is 28.4 Å². The predicted molar refractivity (Wildman–Crippen MR) is 126 cm³/mol. The topological polar surface area (TPSA) is 43.8 Å². The van der Waals surface area contributed by atoms with Crippen LogP contribution in [0.5, 0.6) is 0 Å². The minimum absolute atomic E-state index is 0. The van der Waals surface area contributed by atoms with Gasteiger partial charge in [-0.2, -0.15) is 0 Å². The maximum atomic E-state index is 12.6. The van der Waals surface area contributed by atoms with E-state index in [0.717, 1.165) is 51.1 Å². The average Bonchev–Trinajstić information content (AvgIpc) is 2.74. The van der Waals surface area contributed by atoms with Crippen molar-refractivity contribution in [2.75, 3.05) is 32.7 Å². The molecule has 4 nitrogen and oxygen atoms in total. The molecule has 4 rings (SSSR count). The van der Waals surface area contributed by atoms with Crippen LogP contribution in [0.3, 0.4) is 0 Å². The Morgan fingerprint density at radius 3 is 2.13 bits per heavy atom. The third-order valence-corrected chi connectivity index (χ3v) is 6.33. The fourth-order valence-corrected chi connectivity index (χ4v) is 4.69. The van der Waals surface area contributed by atoms with Gasteiger partial charge in [-0.25, -0.2) is 0 Å². The van der Waals surface area contributed by atoms with E-state index >= 15 is 0 Å². The molecule has 2 aliphatic rings. The zero-order valence-corrected chi connectivity index (χ0v) is 19.1. The first-order chi connectivity index (χ1) is 13.6. The predicted octanol–water partition coefficient (Wildman–Crippen LogP) is 3.49. The fraction of sp³-hybridized carbons (Fsp3) is 0.458. The molecule has 0 amide bonds. The molecule has 1 aliphatic heterocycles. The molecule has 1 aliphatic carbocycles. The van der Waals surface area contributed by atoms with E-state index in [4.69, 9.17) is 0 Å². The molecular formula is C24H32Cl2N2O2. The summed E-state index contributed by atoms with van der Waals surface area (Å²) < 4.78 is 0. The number of halogens is 2. The number of benzene rings is 2. The Morgan fingerprint density at radius 1 is 0.933 bits per heavy atom. The molecule has 2 aromatic carbocycles. The zero-order valence-electron chi connectivity index (χ0n) is 17.4. The van der Waals surface area contributed by atoms with Crippen LogP contribution in [0, 0.1) is 5.92 Å². The van der Waals surface area contributed by atoms with Crippen LogP contribution in [0.2, 0.25) is 0 Å². The number of ketones is 1. The van der Waals surface area contributed by atoms with E-state index in [9.17, 15) is 9.90 Å². The molecule has 0 saturated carbocycles. The van der Waals surface area contributed by atoms with Crippen molar-refractivity contribution >= 4 is 30.6 Å². The monoisotopic (exact) mass is 450 g/mol. The van der Waals surface area contributed by atoms with Crippen molar-refractivity contribution < 1.29 is 9.90 Å². The first-order valence-corrected chi connectivity index (χ1v) is 10.4. The standard InChI is InChI=1S/C24H30N2O2.2ClH/c1-18(24(28)19-7-3-2-4-8-19)17-25-11-13-26(14-12-25)22-15-20-9-5-6-10-21(20)16-23(22)27;;/h2-10,18,22-23,27H,11-17H2,1H3;2*1H. The number of nitrogens with zero attached hydrogens (tertiary/aromatic N) is 2. The number of carbonyl (C=O) groups is 1. The molecule has 30 heavy (non-hydrogen) atoms. The summed E-state index contributed by atoms with van der Waals surface area (Å²) in [7, 11) is 0. The SMILES string of the molecule is CC(CN1CCN(C2Cc3ccccc3CC2O)CC1)C(=O)c1ccccc1.Cl.Cl. The maximum absolute atomic E-state index is 12.6. The van der Waals surface area contributed by atoms with Crippen LogP contribution < -0.4 is 0 Å². The number of aliphatic hydroxyl groups is 1. The summed E-state index contributed by atoms with van der Waals surface area (Å²) in [6, 6.07) is 18.3. The van der Waals surface area contributed by atoms with Gasteiger partial charge in [0.15, 0.2) is 5.78 Å². The van der Waals surface area contributed by atoms with E-state index in [1.54, 1.807) is 0 Å². The number of carbonyl (C=O) groups excluding carboxylic acids is 1. The summed E-state index contributed by atoms with van der Waals surface area (Å²) >= 11 is 0. The lowest BCUT2D eigenvalue weighted by molar-refractivity contribution is 0.0121. The highest BCUT2D eigenvalue weighted by Gasteiger charge is 2.33. The van der Waals surface area contributed by atoms with E-state index < -0.39 is 0 Å². The number of rotatable bonds is 5. The normalized spacial score (nSPS) is 22.9. The molecule has 1 heterocycles. The van der Waals surface area contributed by atoms with Gasteiger partial charge in [0.1, 0.15) is 0 Å². The fourth-order valence-electron chi connectivity index (χ4n) is 4.69. The Labute approximate surface area is 192 Å². The number of hydrogen-bond donors (Lipinski definition) is 1. The minimum Gasteiger partial charge on any atom is -0.391 e. The molecule has 0 radical (unpaired) electrons. The van der Waals surface area contributed by atoms with Crippen LogP contribution in [0.15, 0.2) is 54.6 Å². The number of Topliss-reactive ketones (excluding diaryl/α,β-unsaturated/α-hetero) is 1. The van der Waals surface area contributed by atoms with Crippen LogP contribution in [-0.4, -0.2) is 65.6 Å². The minimum atomic E-state index is -0.292. The Hall–Kier alpha value is -1.43. The summed E-state index contributed by atoms with van der Waals surface area (Å²) in [5.74, 6) is 0.225. The molecule has 0 spiro atoms. The molecule has 3 unspecified atom stereocenters. The molecule has 1 fully saturated rings. The molecule has 6 heteroatoms. The van der Waals surface area contributed by atoms with Crippen molar-refractivity contribution in [2.45, 2.75) is 31.9 Å². The lowest BCUT2D eigenvalue weighted by Crippen LogP contribution is -2.56. The first-order valence-electron chi connectivity index (χ1n) is 10.4. The largest absolute Gasteiger partial charge is 0.391 e. The Morgan fingerprint density at radius 2 is 1.50 bits per heavy atom. The van der Waals surface area contributed by atoms with Crippen molar-refractivity contribution in [3.05, 3.63) is 71.3 Å². The number of piperazine rings is 1. The van der Waals surface area contributed by atoms with Gasteiger partial charge in [0.25, 0.3) is 0 Å². The third-order valence-electron chi connectivity index (χ3n) is 6.33. The molecule has 0 bridgehead atoms. The summed E-state index contributed by atoms with van der Waals surface area (Å²) in [5.41, 5.74) is 3.47. The second kappa shape index (κ2) is 11.3. The van der Waals surface area contributed by atoms with Gasteiger partial charge in [0.05, 0.1) is 6.10 Å². The number of fused-ring (bicyclic) bond motifs is 1. The Bertz CT molecular complexity index is 810. The van der Waals surface area contributed by atoms with Gasteiger partial charge >= 0.3 is 0 Å². The average molecular weight is 451 g/mol. The third kappa shape index (κ3) is 5.63. The number of aliphatic hydroxyl groups excluding tert-OH is 1. The van der Waals surface area contributed by atoms with Crippen LogP contribution >= 0.6 is 24.8 Å². The number of hydrogen-bond acceptors (Lipinski definition) is 4. The van der Waals surface area contributed by atoms with E-state index in [2.05, 4.69) is 34.1 Å². The summed E-state index contributed by atoms with van der Waals surface area (Å²) in [6.07, 6.45) is 1.39. The second-order valence-electron chi connectivity index (χ2n) is 8.28. The van der Waals surface area contributed by atoms with Crippen LogP contribution in [-0.2, 0) is 12.8 Å². The van der Waals surface area contributed by atoms with Gasteiger partial charge in [-0.05, 0) is 17.5 Å². The summed E-state index contributed by atoms with van der Waals surface area (Å²) in [6.45, 7) is 6.65. The van der Waals surface area contributed by atoms with Gasteiger partial charge < -0.3 is 10.0 Å². The molecule has 3 atom stereocenters. The van der Waals surface area contributed by atoms with Crippen LogP contribution in [0.4, 0.5) is 0 Å². The smallest absolute Gasteiger partial charge is 0.166 e. The quantitative estimate of drug-likeness (QED) is 0.707. The van der Waals surface area contributed by atoms with E-state index in [-0.39, 0.29) is 48.7 Å². The molecule has 2 aromatic rings. The van der Waals surface area contributed by atoms with Gasteiger partial charge in [-0.15, -0.1) is 24.8 Å². The first kappa shape index (κ1) is 24.8. The lowest BCUT2D eigenvalue weighted by atomic mass is 9.85. The summed E-state index contributed by atoms with van der Waals surface area (Å²) in [5, 5.41) is 10.7. The highest BCUT2D eigenvalue weighted by molar-refractivity contribution is 5.97.